The molecule has 0 atom stereocenters. The van der Waals surface area contributed by atoms with Gasteiger partial charge in [-0.15, -0.1) is 0 Å². The Bertz CT molecular complexity index is 639. The summed E-state index contributed by atoms with van der Waals surface area (Å²) in [6.45, 7) is -0.527. The molecule has 0 spiro atoms. The standard InChI is InChI=1S/C16H19N3O5/c1-19(8-4-7-17)14(20)11-24-15(21)10-18-16(22)12-5-3-6-13(9-12)23-2/h3,5-6,9H,4,8,10-11H2,1-2H3,(H,18,22). The average Bonchev–Trinajstić information content (AvgIpc) is 2.61. The predicted molar refractivity (Wildman–Crippen MR) is 84.2 cm³/mol. The van der Waals surface area contributed by atoms with Crippen molar-refractivity contribution >= 4 is 17.8 Å². The highest BCUT2D eigenvalue weighted by Gasteiger charge is 2.13. The number of methoxy groups -OCH3 is 1. The quantitative estimate of drug-likeness (QED) is 0.687. The largest absolute Gasteiger partial charge is 0.497 e. The fraction of sp³-hybridized carbons (Fsp3) is 0.375. The van der Waals surface area contributed by atoms with E-state index >= 15 is 0 Å². The van der Waals surface area contributed by atoms with E-state index in [4.69, 9.17) is 14.7 Å². The maximum absolute atomic E-state index is 11.9. The van der Waals surface area contributed by atoms with Crippen LogP contribution in [0.1, 0.15) is 16.8 Å². The Labute approximate surface area is 139 Å². The Morgan fingerprint density at radius 3 is 2.75 bits per heavy atom. The van der Waals surface area contributed by atoms with Crippen molar-refractivity contribution in [1.29, 1.82) is 5.26 Å². The Balaban J connectivity index is 2.36. The van der Waals surface area contributed by atoms with Crippen LogP contribution in [0.5, 0.6) is 5.75 Å². The lowest BCUT2D eigenvalue weighted by molar-refractivity contribution is -0.150. The van der Waals surface area contributed by atoms with Crippen LogP contribution in [0.25, 0.3) is 0 Å². The lowest BCUT2D eigenvalue weighted by atomic mass is 10.2. The van der Waals surface area contributed by atoms with Gasteiger partial charge < -0.3 is 19.7 Å². The molecule has 1 aromatic carbocycles. The van der Waals surface area contributed by atoms with Gasteiger partial charge in [0.25, 0.3) is 11.8 Å². The molecule has 0 radical (unpaired) electrons. The molecule has 0 aliphatic rings. The van der Waals surface area contributed by atoms with Crippen LogP contribution in [-0.2, 0) is 14.3 Å². The van der Waals surface area contributed by atoms with E-state index in [-0.39, 0.29) is 19.5 Å². The van der Waals surface area contributed by atoms with Gasteiger partial charge in [-0.1, -0.05) is 6.07 Å². The Hall–Kier alpha value is -3.08. The van der Waals surface area contributed by atoms with Crippen molar-refractivity contribution < 1.29 is 23.9 Å². The number of ether oxygens (including phenoxy) is 2. The maximum Gasteiger partial charge on any atom is 0.325 e. The van der Waals surface area contributed by atoms with Crippen molar-refractivity contribution in [3.8, 4) is 11.8 Å². The number of nitriles is 1. The first-order valence-corrected chi connectivity index (χ1v) is 7.16. The molecule has 0 fully saturated rings. The SMILES string of the molecule is COc1cccc(C(=O)NCC(=O)OCC(=O)N(C)CCC#N)c1. The van der Waals surface area contributed by atoms with Crippen LogP contribution >= 0.6 is 0 Å². The highest BCUT2D eigenvalue weighted by Crippen LogP contribution is 2.12. The summed E-state index contributed by atoms with van der Waals surface area (Å²) in [5, 5.41) is 10.8. The highest BCUT2D eigenvalue weighted by molar-refractivity contribution is 5.96. The first-order valence-electron chi connectivity index (χ1n) is 7.16. The molecule has 2 amide bonds. The smallest absolute Gasteiger partial charge is 0.325 e. The Morgan fingerprint density at radius 2 is 2.08 bits per heavy atom. The summed E-state index contributed by atoms with van der Waals surface area (Å²) in [4.78, 5) is 36.4. The van der Waals surface area contributed by atoms with Crippen LogP contribution in [0.4, 0.5) is 0 Å². The molecule has 8 nitrogen and oxygen atoms in total. The fourth-order valence-corrected chi connectivity index (χ4v) is 1.66. The summed E-state index contributed by atoms with van der Waals surface area (Å²) in [7, 11) is 3.00. The van der Waals surface area contributed by atoms with E-state index in [1.54, 1.807) is 18.2 Å². The van der Waals surface area contributed by atoms with Gasteiger partial charge in [-0.05, 0) is 18.2 Å². The molecule has 0 bridgehead atoms. The van der Waals surface area contributed by atoms with E-state index in [1.165, 1.54) is 25.1 Å². The molecule has 128 valence electrons. The lowest BCUT2D eigenvalue weighted by Gasteiger charge is -2.15. The Kier molecular flexibility index (Phi) is 7.78. The molecule has 24 heavy (non-hydrogen) atoms. The minimum atomic E-state index is -0.728. The first kappa shape index (κ1) is 19.0. The van der Waals surface area contributed by atoms with Crippen molar-refractivity contribution in [3.63, 3.8) is 0 Å². The summed E-state index contributed by atoms with van der Waals surface area (Å²) < 4.78 is 9.80. The van der Waals surface area contributed by atoms with Crippen LogP contribution in [0.2, 0.25) is 0 Å². The monoisotopic (exact) mass is 333 g/mol. The zero-order valence-electron chi connectivity index (χ0n) is 13.6. The second kappa shape index (κ2) is 9.84. The summed E-state index contributed by atoms with van der Waals surface area (Å²) in [5.74, 6) is -1.08. The van der Waals surface area contributed by atoms with Gasteiger partial charge in [0.1, 0.15) is 12.3 Å². The molecule has 0 aliphatic heterocycles. The van der Waals surface area contributed by atoms with Crippen molar-refractivity contribution in [2.45, 2.75) is 6.42 Å². The molecular weight excluding hydrogens is 314 g/mol. The Morgan fingerprint density at radius 1 is 1.33 bits per heavy atom. The number of rotatable bonds is 8. The number of esters is 1. The molecule has 1 aromatic rings. The van der Waals surface area contributed by atoms with Crippen LogP contribution in [0.3, 0.4) is 0 Å². The molecule has 0 heterocycles. The third-order valence-electron chi connectivity index (χ3n) is 3.07. The number of hydrogen-bond acceptors (Lipinski definition) is 6. The number of benzene rings is 1. The minimum Gasteiger partial charge on any atom is -0.497 e. The van der Waals surface area contributed by atoms with Gasteiger partial charge in [0.2, 0.25) is 0 Å². The third-order valence-corrected chi connectivity index (χ3v) is 3.07. The van der Waals surface area contributed by atoms with E-state index < -0.39 is 24.4 Å². The molecule has 0 aromatic heterocycles. The van der Waals surface area contributed by atoms with Gasteiger partial charge in [-0.25, -0.2) is 0 Å². The molecule has 1 N–H and O–H groups in total. The normalized spacial score (nSPS) is 9.54. The number of likely N-dealkylation sites (N-methyl/N-ethyl adjacent to an activating group) is 1. The van der Waals surface area contributed by atoms with Gasteiger partial charge in [0, 0.05) is 19.2 Å². The van der Waals surface area contributed by atoms with E-state index in [9.17, 15) is 14.4 Å². The first-order chi connectivity index (χ1) is 11.5. The van der Waals surface area contributed by atoms with Gasteiger partial charge in [-0.2, -0.15) is 5.26 Å². The second-order valence-electron chi connectivity index (χ2n) is 4.80. The lowest BCUT2D eigenvalue weighted by Crippen LogP contribution is -2.35. The number of carbonyl (C=O) groups is 3. The molecular formula is C16H19N3O5. The maximum atomic E-state index is 11.9. The molecule has 1 rings (SSSR count). The summed E-state index contributed by atoms with van der Waals surface area (Å²) in [6, 6.07) is 8.38. The average molecular weight is 333 g/mol. The van der Waals surface area contributed by atoms with E-state index in [2.05, 4.69) is 5.32 Å². The van der Waals surface area contributed by atoms with Crippen LogP contribution in [0, 0.1) is 11.3 Å². The number of carbonyl (C=O) groups excluding carboxylic acids is 3. The van der Waals surface area contributed by atoms with E-state index in [1.807, 2.05) is 6.07 Å². The van der Waals surface area contributed by atoms with Gasteiger partial charge >= 0.3 is 5.97 Å². The molecule has 8 heteroatoms. The number of nitrogens with one attached hydrogen (secondary N) is 1. The third kappa shape index (κ3) is 6.36. The summed E-state index contributed by atoms with van der Waals surface area (Å²) in [5.41, 5.74) is 0.342. The van der Waals surface area contributed by atoms with Crippen molar-refractivity contribution in [3.05, 3.63) is 29.8 Å². The van der Waals surface area contributed by atoms with Gasteiger partial charge in [0.05, 0.1) is 19.6 Å². The van der Waals surface area contributed by atoms with Crippen molar-refractivity contribution in [1.82, 2.24) is 10.2 Å². The zero-order valence-corrected chi connectivity index (χ0v) is 13.6. The van der Waals surface area contributed by atoms with Crippen molar-refractivity contribution in [2.75, 3.05) is 33.9 Å². The molecule has 0 saturated heterocycles. The summed E-state index contributed by atoms with van der Waals surface area (Å²) in [6.07, 6.45) is 0.201. The van der Waals surface area contributed by atoms with Crippen LogP contribution < -0.4 is 10.1 Å². The van der Waals surface area contributed by atoms with Gasteiger partial charge in [0.15, 0.2) is 6.61 Å². The minimum absolute atomic E-state index is 0.201. The van der Waals surface area contributed by atoms with Gasteiger partial charge in [-0.3, -0.25) is 14.4 Å². The van der Waals surface area contributed by atoms with Crippen LogP contribution in [-0.4, -0.2) is 56.5 Å². The highest BCUT2D eigenvalue weighted by atomic mass is 16.5. The second-order valence-corrected chi connectivity index (χ2v) is 4.80. The topological polar surface area (TPSA) is 109 Å². The van der Waals surface area contributed by atoms with Crippen molar-refractivity contribution in [2.24, 2.45) is 0 Å². The predicted octanol–water partition coefficient (Wildman–Crippen LogP) is 0.340. The fourth-order valence-electron chi connectivity index (χ4n) is 1.66. The number of nitrogens with zero attached hydrogens (tertiary/aromatic N) is 2. The van der Waals surface area contributed by atoms with E-state index in [0.29, 0.717) is 11.3 Å². The molecule has 0 aliphatic carbocycles. The van der Waals surface area contributed by atoms with Crippen LogP contribution in [0.15, 0.2) is 24.3 Å². The number of amides is 2. The number of hydrogen-bond donors (Lipinski definition) is 1. The van der Waals surface area contributed by atoms with E-state index in [0.717, 1.165) is 0 Å². The summed E-state index contributed by atoms with van der Waals surface area (Å²) >= 11 is 0. The zero-order chi connectivity index (χ0) is 17.9. The molecule has 0 saturated carbocycles. The molecule has 0 unspecified atom stereocenters.